The molecule has 80 heavy (non-hydrogen) atoms. The molecule has 0 saturated heterocycles. The summed E-state index contributed by atoms with van der Waals surface area (Å²) >= 11 is 0. The first-order valence-electron chi connectivity index (χ1n) is 32.1. The van der Waals surface area contributed by atoms with Crippen LogP contribution in [0.15, 0.2) is 97.2 Å². The molecule has 0 aliphatic carbocycles. The van der Waals surface area contributed by atoms with Crippen molar-refractivity contribution in [3.8, 4) is 0 Å². The molecule has 0 aliphatic heterocycles. The minimum absolute atomic E-state index is 0.124. The van der Waals surface area contributed by atoms with E-state index >= 15 is 0 Å². The average Bonchev–Trinajstić information content (AvgIpc) is 3.45. The molecule has 2 N–H and O–H groups in total. The molecule has 0 aromatic heterocycles. The van der Waals surface area contributed by atoms with Crippen LogP contribution in [-0.4, -0.2) is 66.5 Å². The van der Waals surface area contributed by atoms with E-state index in [0.717, 1.165) is 122 Å². The Labute approximate surface area is 489 Å². The van der Waals surface area contributed by atoms with Gasteiger partial charge in [-0.2, -0.15) is 0 Å². The fourth-order valence-corrected chi connectivity index (χ4v) is 9.37. The molecular formula is C68H117O11P. The molecule has 0 aliphatic rings. The number of phosphoric ester groups is 1. The third-order valence-electron chi connectivity index (χ3n) is 13.5. The first-order chi connectivity index (χ1) is 39.2. The Morgan fingerprint density at radius 3 is 1.05 bits per heavy atom. The molecule has 0 heterocycles. The summed E-state index contributed by atoms with van der Waals surface area (Å²) in [4.78, 5) is 48.7. The molecule has 12 heteroatoms. The van der Waals surface area contributed by atoms with Crippen LogP contribution in [0, 0.1) is 0 Å². The van der Waals surface area contributed by atoms with Gasteiger partial charge in [-0.3, -0.25) is 23.4 Å². The highest BCUT2D eigenvalue weighted by molar-refractivity contribution is 7.47. The van der Waals surface area contributed by atoms with E-state index in [2.05, 4.69) is 118 Å². The Bertz CT molecular complexity index is 1710. The van der Waals surface area contributed by atoms with Crippen LogP contribution >= 0.6 is 7.82 Å². The molecule has 0 aromatic rings. The van der Waals surface area contributed by atoms with Gasteiger partial charge in [0.05, 0.1) is 19.8 Å². The summed E-state index contributed by atoms with van der Waals surface area (Å²) in [5.41, 5.74) is 0. The highest BCUT2D eigenvalue weighted by Crippen LogP contribution is 2.43. The number of ether oxygens (including phenoxy) is 3. The molecule has 0 spiro atoms. The highest BCUT2D eigenvalue weighted by Gasteiger charge is 2.28. The quantitative estimate of drug-likeness (QED) is 0.0197. The number of phosphoric acid groups is 1. The lowest BCUT2D eigenvalue weighted by Gasteiger charge is -2.21. The maximum Gasteiger partial charge on any atom is 0.472 e. The molecule has 0 rings (SSSR count). The van der Waals surface area contributed by atoms with Gasteiger partial charge in [0.2, 0.25) is 0 Å². The van der Waals surface area contributed by atoms with E-state index < -0.39 is 57.8 Å². The second-order valence-corrected chi connectivity index (χ2v) is 22.6. The predicted octanol–water partition coefficient (Wildman–Crippen LogP) is 19.6. The van der Waals surface area contributed by atoms with Gasteiger partial charge in [-0.25, -0.2) is 4.57 Å². The standard InChI is InChI=1S/C68H117O11P/c1-4-7-10-13-16-19-22-25-28-30-32-34-37-39-42-45-48-51-54-57-66(70)75-61-65(79-68(72)59-56-53-50-47-44-41-38-35-33-31-29-26-23-20-17-14-11-8-5-2)63-77-80(73,74)76-62-64(60-69)78-67(71)58-55-52-49-46-43-40-36-27-24-21-18-15-12-9-6-3/h8,11,16-17,19-20,25-29,33,35-36,41,44,64-65,69H,4-7,9-10,12-15,18,21-24,30-32,34,37-40,42-43,45-63H2,1-3H3,(H,73,74)/b11-8-,19-16-,20-17-,28-25-,29-26-,35-33-,36-27-,44-41-. The van der Waals surface area contributed by atoms with Crippen LogP contribution in [0.4, 0.5) is 0 Å². The zero-order valence-electron chi connectivity index (χ0n) is 51.0. The summed E-state index contributed by atoms with van der Waals surface area (Å²) in [6.45, 7) is 4.48. The minimum atomic E-state index is -4.77. The van der Waals surface area contributed by atoms with Crippen molar-refractivity contribution >= 4 is 25.7 Å². The zero-order chi connectivity index (χ0) is 58.3. The van der Waals surface area contributed by atoms with E-state index in [1.807, 2.05) is 0 Å². The normalized spacial score (nSPS) is 13.9. The molecule has 3 unspecified atom stereocenters. The second-order valence-electron chi connectivity index (χ2n) is 21.2. The third kappa shape index (κ3) is 59.0. The Morgan fingerprint density at radius 2 is 0.650 bits per heavy atom. The lowest BCUT2D eigenvalue weighted by atomic mass is 10.1. The van der Waals surface area contributed by atoms with Crippen LogP contribution in [0.3, 0.4) is 0 Å². The van der Waals surface area contributed by atoms with Gasteiger partial charge in [-0.05, 0) is 122 Å². The van der Waals surface area contributed by atoms with Crippen molar-refractivity contribution in [2.45, 2.75) is 290 Å². The zero-order valence-corrected chi connectivity index (χ0v) is 51.9. The lowest BCUT2D eigenvalue weighted by molar-refractivity contribution is -0.161. The van der Waals surface area contributed by atoms with E-state index in [1.165, 1.54) is 96.3 Å². The number of esters is 3. The Balaban J connectivity index is 4.78. The summed E-state index contributed by atoms with van der Waals surface area (Å²) in [6.07, 6.45) is 73.5. The van der Waals surface area contributed by atoms with Crippen LogP contribution in [-0.2, 0) is 42.2 Å². The Morgan fingerprint density at radius 1 is 0.362 bits per heavy atom. The van der Waals surface area contributed by atoms with Crippen molar-refractivity contribution in [3.05, 3.63) is 97.2 Å². The van der Waals surface area contributed by atoms with Crippen LogP contribution in [0.25, 0.3) is 0 Å². The summed E-state index contributed by atoms with van der Waals surface area (Å²) in [5, 5.41) is 9.85. The van der Waals surface area contributed by atoms with Gasteiger partial charge in [0.25, 0.3) is 0 Å². The predicted molar refractivity (Wildman–Crippen MR) is 334 cm³/mol. The van der Waals surface area contributed by atoms with Crippen LogP contribution < -0.4 is 0 Å². The van der Waals surface area contributed by atoms with Gasteiger partial charge in [-0.1, -0.05) is 234 Å². The van der Waals surface area contributed by atoms with Gasteiger partial charge in [0.1, 0.15) is 12.7 Å². The number of aliphatic hydroxyl groups excluding tert-OH is 1. The fraction of sp³-hybridized carbons (Fsp3) is 0.721. The largest absolute Gasteiger partial charge is 0.472 e. The van der Waals surface area contributed by atoms with E-state index in [9.17, 15) is 28.9 Å². The smallest absolute Gasteiger partial charge is 0.462 e. The van der Waals surface area contributed by atoms with E-state index in [4.69, 9.17) is 23.3 Å². The van der Waals surface area contributed by atoms with Gasteiger partial charge >= 0.3 is 25.7 Å². The maximum atomic E-state index is 13.0. The third-order valence-corrected chi connectivity index (χ3v) is 14.4. The van der Waals surface area contributed by atoms with Crippen molar-refractivity contribution in [3.63, 3.8) is 0 Å². The van der Waals surface area contributed by atoms with E-state index in [1.54, 1.807) is 0 Å². The molecule has 0 aromatic carbocycles. The SMILES string of the molecule is CC/C=C\C/C=C\C/C=C\C/C=C\C/C=C\CCCCCC(=O)OC(COC(=O)CCCCCCCCCCC/C=C\C/C=C\CCCCC)COP(=O)(O)OCC(CO)OC(=O)CCCCCCC/C=C\CCCCCCCC. The average molecular weight is 1140 g/mol. The molecule has 3 atom stereocenters. The molecule has 0 fully saturated rings. The van der Waals surface area contributed by atoms with Crippen LogP contribution in [0.5, 0.6) is 0 Å². The molecular weight excluding hydrogens is 1020 g/mol. The summed E-state index contributed by atoms with van der Waals surface area (Å²) in [7, 11) is -4.77. The van der Waals surface area contributed by atoms with Crippen molar-refractivity contribution in [2.24, 2.45) is 0 Å². The molecule has 460 valence electrons. The van der Waals surface area contributed by atoms with Gasteiger partial charge in [0.15, 0.2) is 6.10 Å². The minimum Gasteiger partial charge on any atom is -0.462 e. The maximum absolute atomic E-state index is 13.0. The number of rotatable bonds is 59. The number of carbonyl (C=O) groups is 3. The summed E-state index contributed by atoms with van der Waals surface area (Å²) < 4.78 is 39.6. The van der Waals surface area contributed by atoms with Crippen molar-refractivity contribution in [2.75, 3.05) is 26.4 Å². The molecule has 0 bridgehead atoms. The van der Waals surface area contributed by atoms with Crippen molar-refractivity contribution in [1.82, 2.24) is 0 Å². The Kier molecular flexibility index (Phi) is 58.7. The number of aliphatic hydroxyl groups is 1. The monoisotopic (exact) mass is 1140 g/mol. The lowest BCUT2D eigenvalue weighted by Crippen LogP contribution is -2.30. The van der Waals surface area contributed by atoms with Gasteiger partial charge in [-0.15, -0.1) is 0 Å². The van der Waals surface area contributed by atoms with E-state index in [0.29, 0.717) is 19.3 Å². The number of hydrogen-bond donors (Lipinski definition) is 2. The van der Waals surface area contributed by atoms with E-state index in [-0.39, 0.29) is 25.9 Å². The second kappa shape index (κ2) is 61.5. The van der Waals surface area contributed by atoms with Gasteiger partial charge in [0, 0.05) is 19.3 Å². The molecule has 0 radical (unpaired) electrons. The van der Waals surface area contributed by atoms with Crippen LogP contribution in [0.2, 0.25) is 0 Å². The molecule has 11 nitrogen and oxygen atoms in total. The number of carbonyl (C=O) groups excluding carboxylic acids is 3. The number of allylic oxidation sites excluding steroid dienone is 16. The summed E-state index contributed by atoms with van der Waals surface area (Å²) in [6, 6.07) is 0. The Hall–Kier alpha value is -3.60. The van der Waals surface area contributed by atoms with Crippen molar-refractivity contribution in [1.29, 1.82) is 0 Å². The highest BCUT2D eigenvalue weighted by atomic mass is 31.2. The molecule has 0 amide bonds. The summed E-state index contributed by atoms with van der Waals surface area (Å²) in [5.74, 6) is -1.51. The first kappa shape index (κ1) is 76.4. The van der Waals surface area contributed by atoms with Gasteiger partial charge < -0.3 is 24.2 Å². The molecule has 0 saturated carbocycles. The fourth-order valence-electron chi connectivity index (χ4n) is 8.58. The number of unbranched alkanes of at least 4 members (excludes halogenated alkanes) is 26. The van der Waals surface area contributed by atoms with Crippen LogP contribution in [0.1, 0.15) is 278 Å². The first-order valence-corrected chi connectivity index (χ1v) is 33.6. The number of hydrogen-bond acceptors (Lipinski definition) is 10. The van der Waals surface area contributed by atoms with Crippen molar-refractivity contribution < 1.29 is 52.2 Å². The topological polar surface area (TPSA) is 155 Å².